The molecular weight excluding hydrogens is 281 g/mol. The summed E-state index contributed by atoms with van der Waals surface area (Å²) in [6, 6.07) is 0.756. The van der Waals surface area contributed by atoms with E-state index >= 15 is 0 Å². The Hall–Kier alpha value is -2.52. The number of nitrogens with one attached hydrogen (secondary N) is 1. The second-order valence-corrected chi connectivity index (χ2v) is 3.87. The second-order valence-electron chi connectivity index (χ2n) is 3.87. The van der Waals surface area contributed by atoms with Gasteiger partial charge in [-0.1, -0.05) is 5.16 Å². The van der Waals surface area contributed by atoms with Crippen LogP contribution in [0, 0.1) is 10.1 Å². The van der Waals surface area contributed by atoms with E-state index in [4.69, 9.17) is 0 Å². The van der Waals surface area contributed by atoms with Gasteiger partial charge in [0.15, 0.2) is 17.3 Å². The summed E-state index contributed by atoms with van der Waals surface area (Å²) < 4.78 is 41.7. The molecule has 0 radical (unpaired) electrons. The van der Waals surface area contributed by atoms with Gasteiger partial charge in [0.05, 0.1) is 11.5 Å². The number of halogens is 3. The highest BCUT2D eigenvalue weighted by molar-refractivity contribution is 5.13. The van der Waals surface area contributed by atoms with Crippen molar-refractivity contribution in [2.75, 3.05) is 6.54 Å². The van der Waals surface area contributed by atoms with Crippen LogP contribution in [0.25, 0.3) is 0 Å². The number of hydrogen-bond donors (Lipinski definition) is 1. The van der Waals surface area contributed by atoms with Gasteiger partial charge in [-0.25, -0.2) is 0 Å². The van der Waals surface area contributed by atoms with Crippen LogP contribution in [0.4, 0.5) is 13.2 Å². The van der Waals surface area contributed by atoms with Crippen LogP contribution in [0.3, 0.4) is 0 Å². The first-order valence-electron chi connectivity index (χ1n) is 5.41. The van der Waals surface area contributed by atoms with Crippen molar-refractivity contribution in [1.29, 1.82) is 0 Å². The van der Waals surface area contributed by atoms with E-state index in [9.17, 15) is 23.3 Å². The monoisotopic (exact) mass is 290 g/mol. The second kappa shape index (κ2) is 5.23. The maximum atomic E-state index is 12.4. The lowest BCUT2D eigenvalue weighted by Gasteiger charge is -2.24. The molecule has 0 unspecified atom stereocenters. The van der Waals surface area contributed by atoms with Gasteiger partial charge in [-0.15, -0.1) is 0 Å². The van der Waals surface area contributed by atoms with Crippen LogP contribution in [0.5, 0.6) is 0 Å². The third-order valence-corrected chi connectivity index (χ3v) is 2.40. The van der Waals surface area contributed by atoms with Crippen LogP contribution in [0.1, 0.15) is 11.5 Å². The number of hydrogen-bond acceptors (Lipinski definition) is 6. The molecule has 7 nitrogen and oxygen atoms in total. The Kier molecular flexibility index (Phi) is 3.63. The fourth-order valence-electron chi connectivity index (χ4n) is 1.57. The Bertz CT molecular complexity index is 564. The Balaban J connectivity index is 2.15. The van der Waals surface area contributed by atoms with Gasteiger partial charge in [0.2, 0.25) is 0 Å². The lowest BCUT2D eigenvalue weighted by atomic mass is 10.3. The van der Waals surface area contributed by atoms with E-state index in [0.29, 0.717) is 6.54 Å². The highest BCUT2D eigenvalue weighted by Crippen LogP contribution is 2.29. The zero-order valence-corrected chi connectivity index (χ0v) is 9.92. The van der Waals surface area contributed by atoms with E-state index in [0.717, 1.165) is 12.3 Å². The molecule has 0 aromatic carbocycles. The lowest BCUT2D eigenvalue weighted by Crippen LogP contribution is -2.32. The third kappa shape index (κ3) is 3.28. The summed E-state index contributed by atoms with van der Waals surface area (Å²) >= 11 is 0. The van der Waals surface area contributed by atoms with Gasteiger partial charge >= 0.3 is 6.18 Å². The Morgan fingerprint density at radius 1 is 1.60 bits per heavy atom. The van der Waals surface area contributed by atoms with Crippen molar-refractivity contribution in [1.82, 2.24) is 15.4 Å². The third-order valence-electron chi connectivity index (χ3n) is 2.40. The Morgan fingerprint density at radius 3 is 2.95 bits per heavy atom. The molecular formula is C10H9F3N4O3. The molecule has 20 heavy (non-hydrogen) atoms. The minimum absolute atomic E-state index is 0.0556. The van der Waals surface area contributed by atoms with Crippen LogP contribution in [-0.2, 0) is 12.7 Å². The zero-order valence-electron chi connectivity index (χ0n) is 9.92. The fraction of sp³-hybridized carbons (Fsp3) is 0.300. The molecule has 1 aliphatic heterocycles. The minimum atomic E-state index is -4.59. The SMILES string of the molecule is O=[N+]([O-])C=C1NCC=CN1Cc1cc(C(F)(F)F)no1. The van der Waals surface area contributed by atoms with Gasteiger partial charge < -0.3 is 14.7 Å². The standard InChI is InChI=1S/C10H9F3N4O3/c11-10(12,13)8-4-7(20-15-8)5-16-3-1-2-14-9(16)6-17(18)19/h1,3-4,6,14H,2,5H2. The molecule has 1 aliphatic rings. The Labute approximate surface area is 110 Å². The van der Waals surface area contributed by atoms with Crippen molar-refractivity contribution < 1.29 is 22.6 Å². The first-order valence-corrected chi connectivity index (χ1v) is 5.41. The van der Waals surface area contributed by atoms with E-state index in [1.165, 1.54) is 11.1 Å². The molecule has 0 saturated carbocycles. The first-order chi connectivity index (χ1) is 9.36. The van der Waals surface area contributed by atoms with Gasteiger partial charge in [0.1, 0.15) is 0 Å². The fourth-order valence-corrected chi connectivity index (χ4v) is 1.57. The van der Waals surface area contributed by atoms with Crippen molar-refractivity contribution in [2.45, 2.75) is 12.7 Å². The predicted octanol–water partition coefficient (Wildman–Crippen LogP) is 1.69. The normalized spacial score (nSPS) is 17.4. The minimum Gasteiger partial charge on any atom is -0.363 e. The van der Waals surface area contributed by atoms with Crippen LogP contribution in [-0.4, -0.2) is 21.5 Å². The maximum absolute atomic E-state index is 12.4. The summed E-state index contributed by atoms with van der Waals surface area (Å²) in [5.41, 5.74) is -1.14. The van der Waals surface area contributed by atoms with Crippen LogP contribution in [0.2, 0.25) is 0 Å². The quantitative estimate of drug-likeness (QED) is 0.673. The van der Waals surface area contributed by atoms with E-state index in [1.54, 1.807) is 6.08 Å². The molecule has 1 aromatic heterocycles. The molecule has 0 atom stereocenters. The summed E-state index contributed by atoms with van der Waals surface area (Å²) in [7, 11) is 0. The average Bonchev–Trinajstić information content (AvgIpc) is 2.79. The van der Waals surface area contributed by atoms with Gasteiger partial charge in [0, 0.05) is 18.8 Å². The summed E-state index contributed by atoms with van der Waals surface area (Å²) in [5.74, 6) is 0.0994. The van der Waals surface area contributed by atoms with Gasteiger partial charge in [0.25, 0.3) is 6.20 Å². The molecule has 2 heterocycles. The lowest BCUT2D eigenvalue weighted by molar-refractivity contribution is -0.404. The van der Waals surface area contributed by atoms with Crippen molar-refractivity contribution in [3.63, 3.8) is 0 Å². The largest absolute Gasteiger partial charge is 0.436 e. The van der Waals surface area contributed by atoms with E-state index in [2.05, 4.69) is 15.0 Å². The number of nitro groups is 1. The molecule has 10 heteroatoms. The molecule has 1 N–H and O–H groups in total. The maximum Gasteiger partial charge on any atom is 0.436 e. The van der Waals surface area contributed by atoms with Gasteiger partial charge in [-0.3, -0.25) is 10.1 Å². The van der Waals surface area contributed by atoms with E-state index < -0.39 is 16.8 Å². The number of aromatic nitrogens is 1. The topological polar surface area (TPSA) is 84.4 Å². The van der Waals surface area contributed by atoms with E-state index in [-0.39, 0.29) is 18.1 Å². The number of nitrogens with zero attached hydrogens (tertiary/aromatic N) is 3. The molecule has 0 spiro atoms. The number of alkyl halides is 3. The number of rotatable bonds is 3. The van der Waals surface area contributed by atoms with Crippen molar-refractivity contribution >= 4 is 0 Å². The van der Waals surface area contributed by atoms with Crippen molar-refractivity contribution in [3.05, 3.63) is 51.9 Å². The van der Waals surface area contributed by atoms with E-state index in [1.807, 2.05) is 0 Å². The molecule has 0 saturated heterocycles. The van der Waals surface area contributed by atoms with Crippen LogP contribution in [0.15, 0.2) is 34.9 Å². The summed E-state index contributed by atoms with van der Waals surface area (Å²) in [4.78, 5) is 11.2. The summed E-state index contributed by atoms with van der Waals surface area (Å²) in [6.07, 6.45) is -0.679. The molecule has 0 bridgehead atoms. The smallest absolute Gasteiger partial charge is 0.363 e. The molecule has 1 aromatic rings. The van der Waals surface area contributed by atoms with Gasteiger partial charge in [-0.2, -0.15) is 13.2 Å². The van der Waals surface area contributed by atoms with Crippen LogP contribution >= 0.6 is 0 Å². The molecule has 2 rings (SSSR count). The highest BCUT2D eigenvalue weighted by Gasteiger charge is 2.35. The molecule has 0 amide bonds. The zero-order chi connectivity index (χ0) is 14.8. The van der Waals surface area contributed by atoms with Gasteiger partial charge in [-0.05, 0) is 6.08 Å². The van der Waals surface area contributed by atoms with Crippen molar-refractivity contribution in [3.8, 4) is 0 Å². The molecule has 0 aliphatic carbocycles. The summed E-state index contributed by atoms with van der Waals surface area (Å²) in [5, 5.41) is 16.1. The predicted molar refractivity (Wildman–Crippen MR) is 59.3 cm³/mol. The molecule has 108 valence electrons. The van der Waals surface area contributed by atoms with Crippen molar-refractivity contribution in [2.24, 2.45) is 0 Å². The summed E-state index contributed by atoms with van der Waals surface area (Å²) in [6.45, 7) is 0.284. The highest BCUT2D eigenvalue weighted by atomic mass is 19.4. The first kappa shape index (κ1) is 13.9. The Morgan fingerprint density at radius 2 is 2.35 bits per heavy atom. The average molecular weight is 290 g/mol. The van der Waals surface area contributed by atoms with Crippen LogP contribution < -0.4 is 5.32 Å². The molecule has 0 fully saturated rings.